The number of carbonyl (C=O) groups is 2. The SMILES string of the molecule is CCOc1cc(C(=O)OCc2ccc(C)cc2)ccc1OCC(=O)N1CCOCC1. The molecule has 0 spiro atoms. The molecule has 0 aromatic heterocycles. The lowest BCUT2D eigenvalue weighted by Crippen LogP contribution is -2.43. The number of aryl methyl sites for hydroxylation is 1. The van der Waals surface area contributed by atoms with E-state index in [-0.39, 0.29) is 19.1 Å². The Morgan fingerprint density at radius 2 is 1.73 bits per heavy atom. The Bertz CT molecular complexity index is 858. The molecule has 0 aliphatic carbocycles. The lowest BCUT2D eigenvalue weighted by molar-refractivity contribution is -0.137. The molecule has 1 heterocycles. The van der Waals surface area contributed by atoms with Gasteiger partial charge in [0.05, 0.1) is 25.4 Å². The summed E-state index contributed by atoms with van der Waals surface area (Å²) in [6.45, 7) is 6.53. The topological polar surface area (TPSA) is 74.3 Å². The van der Waals surface area contributed by atoms with Crippen LogP contribution in [0.2, 0.25) is 0 Å². The van der Waals surface area contributed by atoms with Crippen molar-refractivity contribution in [1.29, 1.82) is 0 Å². The van der Waals surface area contributed by atoms with Gasteiger partial charge in [0.2, 0.25) is 0 Å². The molecule has 0 N–H and O–H groups in total. The minimum absolute atomic E-state index is 0.0999. The molecule has 1 amide bonds. The Balaban J connectivity index is 1.61. The summed E-state index contributed by atoms with van der Waals surface area (Å²) in [6, 6.07) is 12.6. The lowest BCUT2D eigenvalue weighted by atomic mass is 10.1. The molecule has 160 valence electrons. The maximum absolute atomic E-state index is 12.4. The molecule has 0 bridgehead atoms. The van der Waals surface area contributed by atoms with Crippen LogP contribution < -0.4 is 9.47 Å². The third-order valence-corrected chi connectivity index (χ3v) is 4.68. The van der Waals surface area contributed by atoms with Crippen LogP contribution >= 0.6 is 0 Å². The average Bonchev–Trinajstić information content (AvgIpc) is 2.78. The Morgan fingerprint density at radius 3 is 2.43 bits per heavy atom. The first-order valence-electron chi connectivity index (χ1n) is 10.0. The molecule has 7 nitrogen and oxygen atoms in total. The van der Waals surface area contributed by atoms with Crippen molar-refractivity contribution in [2.24, 2.45) is 0 Å². The summed E-state index contributed by atoms with van der Waals surface area (Å²) < 4.78 is 21.9. The molecule has 2 aromatic rings. The number of hydrogen-bond acceptors (Lipinski definition) is 6. The Hall–Kier alpha value is -3.06. The van der Waals surface area contributed by atoms with E-state index in [2.05, 4.69) is 0 Å². The fourth-order valence-electron chi connectivity index (χ4n) is 2.98. The van der Waals surface area contributed by atoms with Crippen molar-refractivity contribution >= 4 is 11.9 Å². The zero-order chi connectivity index (χ0) is 21.3. The highest BCUT2D eigenvalue weighted by molar-refractivity contribution is 5.90. The van der Waals surface area contributed by atoms with Gasteiger partial charge in [-0.3, -0.25) is 4.79 Å². The third kappa shape index (κ3) is 5.97. The minimum atomic E-state index is -0.451. The quantitative estimate of drug-likeness (QED) is 0.620. The molecule has 2 aromatic carbocycles. The molecular weight excluding hydrogens is 386 g/mol. The molecular formula is C23H27NO6. The molecule has 0 unspecified atom stereocenters. The number of carbonyl (C=O) groups excluding carboxylic acids is 2. The zero-order valence-corrected chi connectivity index (χ0v) is 17.4. The van der Waals surface area contributed by atoms with Gasteiger partial charge in [0.15, 0.2) is 18.1 Å². The molecule has 0 atom stereocenters. The summed E-state index contributed by atoms with van der Waals surface area (Å²) in [5.74, 6) is 0.250. The van der Waals surface area contributed by atoms with Crippen molar-refractivity contribution in [2.45, 2.75) is 20.5 Å². The molecule has 1 fully saturated rings. The highest BCUT2D eigenvalue weighted by Crippen LogP contribution is 2.29. The Morgan fingerprint density at radius 1 is 1.00 bits per heavy atom. The number of amides is 1. The number of ether oxygens (including phenoxy) is 4. The first-order valence-corrected chi connectivity index (χ1v) is 10.0. The van der Waals surface area contributed by atoms with E-state index < -0.39 is 5.97 Å². The fraction of sp³-hybridized carbons (Fsp3) is 0.391. The molecule has 0 radical (unpaired) electrons. The summed E-state index contributed by atoms with van der Waals surface area (Å²) in [7, 11) is 0. The molecule has 7 heteroatoms. The standard InChI is InChI=1S/C23H27NO6/c1-3-28-21-14-19(23(26)30-15-18-6-4-17(2)5-7-18)8-9-20(21)29-16-22(25)24-10-12-27-13-11-24/h4-9,14H,3,10-13,15-16H2,1-2H3. The van der Waals surface area contributed by atoms with Crippen LogP contribution in [0.25, 0.3) is 0 Å². The predicted molar refractivity (Wildman–Crippen MR) is 111 cm³/mol. The fourth-order valence-corrected chi connectivity index (χ4v) is 2.98. The third-order valence-electron chi connectivity index (χ3n) is 4.68. The molecule has 1 aliphatic rings. The van der Waals surface area contributed by atoms with Gasteiger partial charge in [0.25, 0.3) is 5.91 Å². The average molecular weight is 413 g/mol. The van der Waals surface area contributed by atoms with Crippen molar-refractivity contribution in [3.05, 3.63) is 59.2 Å². The number of nitrogens with zero attached hydrogens (tertiary/aromatic N) is 1. The number of morpholine rings is 1. The van der Waals surface area contributed by atoms with E-state index in [1.165, 1.54) is 0 Å². The molecule has 1 aliphatic heterocycles. The number of benzene rings is 2. The number of hydrogen-bond donors (Lipinski definition) is 0. The van der Waals surface area contributed by atoms with Gasteiger partial charge in [0, 0.05) is 13.1 Å². The van der Waals surface area contributed by atoms with E-state index in [0.717, 1.165) is 11.1 Å². The highest BCUT2D eigenvalue weighted by atomic mass is 16.5. The molecule has 1 saturated heterocycles. The van der Waals surface area contributed by atoms with Crippen LogP contribution in [0.15, 0.2) is 42.5 Å². The summed E-state index contributed by atoms with van der Waals surface area (Å²) in [6.07, 6.45) is 0. The van der Waals surface area contributed by atoms with Crippen molar-refractivity contribution in [3.63, 3.8) is 0 Å². The molecule has 30 heavy (non-hydrogen) atoms. The second-order valence-electron chi connectivity index (χ2n) is 6.94. The molecule has 0 saturated carbocycles. The van der Waals surface area contributed by atoms with E-state index in [1.807, 2.05) is 38.1 Å². The van der Waals surface area contributed by atoms with E-state index in [1.54, 1.807) is 23.1 Å². The second kappa shape index (κ2) is 10.6. The van der Waals surface area contributed by atoms with Gasteiger partial charge in [-0.15, -0.1) is 0 Å². The highest BCUT2D eigenvalue weighted by Gasteiger charge is 2.19. The van der Waals surface area contributed by atoms with Crippen molar-refractivity contribution in [3.8, 4) is 11.5 Å². The maximum Gasteiger partial charge on any atom is 0.338 e. The second-order valence-corrected chi connectivity index (χ2v) is 6.94. The maximum atomic E-state index is 12.4. The monoisotopic (exact) mass is 413 g/mol. The number of esters is 1. The summed E-state index contributed by atoms with van der Waals surface area (Å²) in [5, 5.41) is 0. The minimum Gasteiger partial charge on any atom is -0.490 e. The molecule has 3 rings (SSSR count). The van der Waals surface area contributed by atoms with E-state index >= 15 is 0 Å². The zero-order valence-electron chi connectivity index (χ0n) is 17.4. The van der Waals surface area contributed by atoms with Crippen LogP contribution in [0.4, 0.5) is 0 Å². The van der Waals surface area contributed by atoms with E-state index in [9.17, 15) is 9.59 Å². The van der Waals surface area contributed by atoms with Crippen molar-refractivity contribution in [1.82, 2.24) is 4.90 Å². The van der Waals surface area contributed by atoms with Gasteiger partial charge in [-0.1, -0.05) is 29.8 Å². The normalized spacial score (nSPS) is 13.6. The lowest BCUT2D eigenvalue weighted by Gasteiger charge is -2.26. The summed E-state index contributed by atoms with van der Waals surface area (Å²) >= 11 is 0. The van der Waals surface area contributed by atoms with Crippen LogP contribution in [-0.4, -0.2) is 56.3 Å². The van der Waals surface area contributed by atoms with Crippen molar-refractivity contribution < 1.29 is 28.5 Å². The smallest absolute Gasteiger partial charge is 0.338 e. The first-order chi connectivity index (χ1) is 14.6. The van der Waals surface area contributed by atoms with Gasteiger partial charge in [-0.05, 0) is 37.6 Å². The van der Waals surface area contributed by atoms with Gasteiger partial charge in [-0.25, -0.2) is 4.79 Å². The van der Waals surface area contributed by atoms with Crippen LogP contribution in [-0.2, 0) is 20.9 Å². The summed E-state index contributed by atoms with van der Waals surface area (Å²) in [4.78, 5) is 26.4. The largest absolute Gasteiger partial charge is 0.490 e. The van der Waals surface area contributed by atoms with Gasteiger partial charge < -0.3 is 23.8 Å². The number of rotatable bonds is 8. The van der Waals surface area contributed by atoms with Crippen LogP contribution in [0, 0.1) is 6.92 Å². The van der Waals surface area contributed by atoms with Gasteiger partial charge in [-0.2, -0.15) is 0 Å². The summed E-state index contributed by atoms with van der Waals surface area (Å²) in [5.41, 5.74) is 2.42. The first kappa shape index (κ1) is 21.6. The van der Waals surface area contributed by atoms with Crippen LogP contribution in [0.3, 0.4) is 0 Å². The predicted octanol–water partition coefficient (Wildman–Crippen LogP) is 2.99. The van der Waals surface area contributed by atoms with Gasteiger partial charge >= 0.3 is 5.97 Å². The van der Waals surface area contributed by atoms with Crippen LogP contribution in [0.1, 0.15) is 28.4 Å². The van der Waals surface area contributed by atoms with Crippen LogP contribution in [0.5, 0.6) is 11.5 Å². The van der Waals surface area contributed by atoms with Gasteiger partial charge in [0.1, 0.15) is 6.61 Å². The van der Waals surface area contributed by atoms with Crippen molar-refractivity contribution in [2.75, 3.05) is 39.5 Å². The Kier molecular flexibility index (Phi) is 7.68. The Labute approximate surface area is 176 Å². The van der Waals surface area contributed by atoms with E-state index in [0.29, 0.717) is 50.0 Å². The van der Waals surface area contributed by atoms with E-state index in [4.69, 9.17) is 18.9 Å².